The average Bonchev–Trinajstić information content (AvgIpc) is 2.62. The van der Waals surface area contributed by atoms with Crippen molar-refractivity contribution >= 4 is 0 Å². The molecule has 2 aromatic carbocycles. The van der Waals surface area contributed by atoms with Crippen LogP contribution in [0, 0.1) is 0 Å². The minimum atomic E-state index is 0.430. The first-order valence-electron chi connectivity index (χ1n) is 9.67. The van der Waals surface area contributed by atoms with Gasteiger partial charge < -0.3 is 5.11 Å². The van der Waals surface area contributed by atoms with E-state index in [9.17, 15) is 5.11 Å². The maximum Gasteiger partial charge on any atom is 0.119 e. The van der Waals surface area contributed by atoms with Crippen LogP contribution in [0.25, 0.3) is 11.1 Å². The van der Waals surface area contributed by atoms with Crippen molar-refractivity contribution < 1.29 is 5.11 Å². The van der Waals surface area contributed by atoms with Crippen LogP contribution in [0.4, 0.5) is 0 Å². The predicted molar refractivity (Wildman–Crippen MR) is 105 cm³/mol. The second kappa shape index (κ2) is 10.2. The van der Waals surface area contributed by atoms with E-state index >= 15 is 0 Å². The quantitative estimate of drug-likeness (QED) is 0.470. The van der Waals surface area contributed by atoms with E-state index in [2.05, 4.69) is 44.2 Å². The summed E-state index contributed by atoms with van der Waals surface area (Å²) in [6.45, 7) is 4.39. The van der Waals surface area contributed by atoms with Crippen molar-refractivity contribution in [1.29, 1.82) is 0 Å². The summed E-state index contributed by atoms with van der Waals surface area (Å²) in [5, 5.41) is 10.3. The van der Waals surface area contributed by atoms with Gasteiger partial charge in [-0.3, -0.25) is 0 Å². The molecule has 0 fully saturated rings. The fourth-order valence-electron chi connectivity index (χ4n) is 3.49. The number of rotatable bonds is 10. The third kappa shape index (κ3) is 5.12. The maximum atomic E-state index is 10.3. The molecule has 1 heteroatoms. The number of hydrogen-bond acceptors (Lipinski definition) is 1. The Morgan fingerprint density at radius 1 is 0.750 bits per heavy atom. The molecule has 0 heterocycles. The molecule has 0 aliphatic heterocycles. The first-order chi connectivity index (χ1) is 11.8. The van der Waals surface area contributed by atoms with Crippen molar-refractivity contribution in [3.8, 4) is 16.9 Å². The Morgan fingerprint density at radius 2 is 1.42 bits per heavy atom. The van der Waals surface area contributed by atoms with E-state index in [0.717, 1.165) is 18.4 Å². The fraction of sp³-hybridized carbons (Fsp3) is 0.478. The smallest absolute Gasteiger partial charge is 0.119 e. The van der Waals surface area contributed by atoms with Crippen LogP contribution in [0.5, 0.6) is 5.75 Å². The summed E-state index contributed by atoms with van der Waals surface area (Å²) in [6, 6.07) is 14.5. The fourth-order valence-corrected chi connectivity index (χ4v) is 3.49. The average molecular weight is 325 g/mol. The largest absolute Gasteiger partial charge is 0.508 e. The van der Waals surface area contributed by atoms with Crippen LogP contribution >= 0.6 is 0 Å². The Hall–Kier alpha value is -1.76. The molecule has 0 spiro atoms. The van der Waals surface area contributed by atoms with Gasteiger partial charge in [0.1, 0.15) is 5.75 Å². The highest BCUT2D eigenvalue weighted by atomic mass is 16.3. The zero-order valence-corrected chi connectivity index (χ0v) is 15.4. The molecule has 1 N–H and O–H groups in total. The van der Waals surface area contributed by atoms with Crippen LogP contribution in [0.2, 0.25) is 0 Å². The van der Waals surface area contributed by atoms with Crippen LogP contribution in [0.1, 0.15) is 69.9 Å². The van der Waals surface area contributed by atoms with E-state index in [0.29, 0.717) is 5.75 Å². The number of hydrogen-bond donors (Lipinski definition) is 1. The lowest BCUT2D eigenvalue weighted by molar-refractivity contribution is 0.469. The standard InChI is InChI=1S/C23H32O/c1-3-5-6-7-8-9-11-16-20-17-18-22(24)21(4-2)23(20)19-14-12-10-13-15-19/h10,12-15,17-18,24H,3-9,11,16H2,1-2H3. The molecule has 0 atom stereocenters. The number of aryl methyl sites for hydroxylation is 1. The molecule has 0 unspecified atom stereocenters. The van der Waals surface area contributed by atoms with Gasteiger partial charge in [0.2, 0.25) is 0 Å². The van der Waals surface area contributed by atoms with E-state index < -0.39 is 0 Å². The molecule has 0 radical (unpaired) electrons. The van der Waals surface area contributed by atoms with Crippen LogP contribution < -0.4 is 0 Å². The Labute approximate surface area is 147 Å². The summed E-state index contributed by atoms with van der Waals surface area (Å²) in [6.07, 6.45) is 11.3. The molecule has 2 aromatic rings. The highest BCUT2D eigenvalue weighted by Gasteiger charge is 2.13. The predicted octanol–water partition coefficient (Wildman–Crippen LogP) is 6.91. The summed E-state index contributed by atoms with van der Waals surface area (Å²) in [5.41, 5.74) is 4.94. The van der Waals surface area contributed by atoms with Crippen molar-refractivity contribution in [1.82, 2.24) is 0 Å². The van der Waals surface area contributed by atoms with Gasteiger partial charge in [0.25, 0.3) is 0 Å². The topological polar surface area (TPSA) is 20.2 Å². The van der Waals surface area contributed by atoms with Crippen molar-refractivity contribution in [2.45, 2.75) is 71.6 Å². The van der Waals surface area contributed by atoms with Crippen LogP contribution in [-0.4, -0.2) is 5.11 Å². The molecule has 0 aliphatic rings. The Bertz CT molecular complexity index is 601. The summed E-state index contributed by atoms with van der Waals surface area (Å²) >= 11 is 0. The lowest BCUT2D eigenvalue weighted by Gasteiger charge is -2.16. The lowest BCUT2D eigenvalue weighted by atomic mass is 9.90. The van der Waals surface area contributed by atoms with Crippen LogP contribution in [0.15, 0.2) is 42.5 Å². The highest BCUT2D eigenvalue weighted by molar-refractivity contribution is 5.73. The first kappa shape index (κ1) is 18.6. The van der Waals surface area contributed by atoms with Gasteiger partial charge in [0, 0.05) is 5.56 Å². The number of unbranched alkanes of at least 4 members (excludes halogenated alkanes) is 6. The first-order valence-corrected chi connectivity index (χ1v) is 9.67. The van der Waals surface area contributed by atoms with Crippen LogP contribution in [-0.2, 0) is 12.8 Å². The van der Waals surface area contributed by atoms with Gasteiger partial charge in [0.15, 0.2) is 0 Å². The van der Waals surface area contributed by atoms with E-state index in [4.69, 9.17) is 0 Å². The maximum absolute atomic E-state index is 10.3. The van der Waals surface area contributed by atoms with E-state index in [-0.39, 0.29) is 0 Å². The van der Waals surface area contributed by atoms with Gasteiger partial charge in [0.05, 0.1) is 0 Å². The molecule has 0 saturated heterocycles. The number of aromatic hydroxyl groups is 1. The SMILES string of the molecule is CCCCCCCCCc1ccc(O)c(CC)c1-c1ccccc1. The molecule has 1 nitrogen and oxygen atoms in total. The summed E-state index contributed by atoms with van der Waals surface area (Å²) in [7, 11) is 0. The van der Waals surface area contributed by atoms with Gasteiger partial charge in [-0.15, -0.1) is 0 Å². The molecular weight excluding hydrogens is 292 g/mol. The van der Waals surface area contributed by atoms with E-state index in [1.54, 1.807) is 0 Å². The number of phenolic OH excluding ortho intramolecular Hbond substituents is 1. The third-order valence-electron chi connectivity index (χ3n) is 4.84. The molecular formula is C23H32O. The van der Waals surface area contributed by atoms with Crippen molar-refractivity contribution in [3.63, 3.8) is 0 Å². The summed E-state index contributed by atoms with van der Waals surface area (Å²) in [4.78, 5) is 0. The highest BCUT2D eigenvalue weighted by Crippen LogP contribution is 2.34. The third-order valence-corrected chi connectivity index (χ3v) is 4.84. The minimum absolute atomic E-state index is 0.430. The molecule has 0 bridgehead atoms. The van der Waals surface area contributed by atoms with Gasteiger partial charge >= 0.3 is 0 Å². The molecule has 2 rings (SSSR count). The summed E-state index contributed by atoms with van der Waals surface area (Å²) < 4.78 is 0. The summed E-state index contributed by atoms with van der Waals surface area (Å²) in [5.74, 6) is 0.430. The molecule has 0 amide bonds. The molecule has 24 heavy (non-hydrogen) atoms. The molecule has 0 aliphatic carbocycles. The lowest BCUT2D eigenvalue weighted by Crippen LogP contribution is -1.97. The van der Waals surface area contributed by atoms with Gasteiger partial charge in [-0.25, -0.2) is 0 Å². The van der Waals surface area contributed by atoms with E-state index in [1.807, 2.05) is 12.1 Å². The van der Waals surface area contributed by atoms with Crippen molar-refractivity contribution in [2.75, 3.05) is 0 Å². The number of benzene rings is 2. The van der Waals surface area contributed by atoms with Crippen molar-refractivity contribution in [3.05, 3.63) is 53.6 Å². The zero-order valence-electron chi connectivity index (χ0n) is 15.4. The Balaban J connectivity index is 2.07. The molecule has 130 valence electrons. The monoisotopic (exact) mass is 324 g/mol. The second-order valence-corrected chi connectivity index (χ2v) is 6.69. The Morgan fingerprint density at radius 3 is 2.08 bits per heavy atom. The molecule has 0 aromatic heterocycles. The van der Waals surface area contributed by atoms with Gasteiger partial charge in [-0.1, -0.05) is 88.8 Å². The minimum Gasteiger partial charge on any atom is -0.508 e. The van der Waals surface area contributed by atoms with E-state index in [1.165, 1.54) is 61.6 Å². The van der Waals surface area contributed by atoms with Gasteiger partial charge in [-0.05, 0) is 42.0 Å². The zero-order chi connectivity index (χ0) is 17.2. The van der Waals surface area contributed by atoms with Crippen LogP contribution in [0.3, 0.4) is 0 Å². The number of phenols is 1. The van der Waals surface area contributed by atoms with Gasteiger partial charge in [-0.2, -0.15) is 0 Å². The normalized spacial score (nSPS) is 10.9. The Kier molecular flexibility index (Phi) is 7.88. The van der Waals surface area contributed by atoms with Crippen molar-refractivity contribution in [2.24, 2.45) is 0 Å². The second-order valence-electron chi connectivity index (χ2n) is 6.69. The molecule has 0 saturated carbocycles.